The summed E-state index contributed by atoms with van der Waals surface area (Å²) in [6, 6.07) is 15.7. The molecular formula is C27H35N3O4. The maximum atomic E-state index is 13.5. The fraction of sp³-hybridized carbons (Fsp3) is 0.481. The van der Waals surface area contributed by atoms with Crippen molar-refractivity contribution in [3.05, 3.63) is 59.7 Å². The Labute approximate surface area is 202 Å². The summed E-state index contributed by atoms with van der Waals surface area (Å²) >= 11 is 0. The number of likely N-dealkylation sites (tertiary alicyclic amines) is 1. The van der Waals surface area contributed by atoms with Crippen LogP contribution in [0.4, 0.5) is 4.79 Å². The Balaban J connectivity index is 1.35. The molecule has 2 saturated heterocycles. The Morgan fingerprint density at radius 2 is 1.47 bits per heavy atom. The van der Waals surface area contributed by atoms with E-state index >= 15 is 0 Å². The summed E-state index contributed by atoms with van der Waals surface area (Å²) in [6.45, 7) is 5.09. The molecule has 4 rings (SSSR count). The van der Waals surface area contributed by atoms with Gasteiger partial charge in [0.25, 0.3) is 5.91 Å². The minimum absolute atomic E-state index is 0.0675. The normalized spacial score (nSPS) is 21.6. The molecule has 2 aliphatic heterocycles. The van der Waals surface area contributed by atoms with Crippen molar-refractivity contribution in [3.8, 4) is 11.5 Å². The topological polar surface area (TPSA) is 71.1 Å². The highest BCUT2D eigenvalue weighted by atomic mass is 16.5. The first-order chi connectivity index (χ1) is 16.5. The van der Waals surface area contributed by atoms with Gasteiger partial charge in [-0.3, -0.25) is 14.6 Å². The van der Waals surface area contributed by atoms with E-state index in [1.807, 2.05) is 43.3 Å². The van der Waals surface area contributed by atoms with Crippen LogP contribution < -0.4 is 14.8 Å². The fourth-order valence-corrected chi connectivity index (χ4v) is 5.26. The number of urea groups is 1. The monoisotopic (exact) mass is 465 g/mol. The van der Waals surface area contributed by atoms with Crippen LogP contribution in [0.15, 0.2) is 48.5 Å². The molecule has 0 aliphatic carbocycles. The smallest absolute Gasteiger partial charge is 0.325 e. The number of ether oxygens (including phenoxy) is 2. The van der Waals surface area contributed by atoms with Crippen molar-refractivity contribution >= 4 is 11.9 Å². The van der Waals surface area contributed by atoms with Gasteiger partial charge in [0.1, 0.15) is 17.0 Å². The molecule has 2 aromatic carbocycles. The van der Waals surface area contributed by atoms with E-state index in [4.69, 9.17) is 9.47 Å². The largest absolute Gasteiger partial charge is 0.497 e. The zero-order chi connectivity index (χ0) is 24.1. The third-order valence-corrected chi connectivity index (χ3v) is 7.39. The number of methoxy groups -OCH3 is 2. The number of benzene rings is 2. The number of carbonyl (C=O) groups excluding carboxylic acids is 2. The standard InChI is InChI=1S/C27H35N3O4/c1-4-27(22-14-16-29(17-15-22)19-21-7-11-24(34-3)12-8-21)25(31)30(26(32)28-27)18-13-20-5-9-23(33-2)10-6-20/h5-12,22H,4,13-19H2,1-3H3,(H,28,32)/t27-/m1/s1. The average molecular weight is 466 g/mol. The number of nitrogens with one attached hydrogen (secondary N) is 1. The summed E-state index contributed by atoms with van der Waals surface area (Å²) in [7, 11) is 3.31. The van der Waals surface area contributed by atoms with Gasteiger partial charge in [-0.15, -0.1) is 0 Å². The molecule has 2 fully saturated rings. The second-order valence-corrected chi connectivity index (χ2v) is 9.21. The Kier molecular flexibility index (Phi) is 7.41. The molecule has 0 saturated carbocycles. The van der Waals surface area contributed by atoms with Crippen molar-refractivity contribution in [2.24, 2.45) is 5.92 Å². The maximum absolute atomic E-state index is 13.5. The molecule has 0 unspecified atom stereocenters. The summed E-state index contributed by atoms with van der Waals surface area (Å²) < 4.78 is 10.4. The molecule has 2 aromatic rings. The van der Waals surface area contributed by atoms with E-state index in [2.05, 4.69) is 22.3 Å². The van der Waals surface area contributed by atoms with E-state index < -0.39 is 5.54 Å². The van der Waals surface area contributed by atoms with E-state index in [0.29, 0.717) is 19.4 Å². The summed E-state index contributed by atoms with van der Waals surface area (Å²) in [4.78, 5) is 30.2. The molecule has 1 atom stereocenters. The number of nitrogens with zero attached hydrogens (tertiary/aromatic N) is 2. The van der Waals surface area contributed by atoms with Crippen LogP contribution in [0.5, 0.6) is 11.5 Å². The SMILES string of the molecule is CC[C@]1(C2CCN(Cc3ccc(OC)cc3)CC2)NC(=O)N(CCc2ccc(OC)cc2)C1=O. The van der Waals surface area contributed by atoms with E-state index in [-0.39, 0.29) is 17.9 Å². The van der Waals surface area contributed by atoms with E-state index in [1.165, 1.54) is 10.5 Å². The zero-order valence-corrected chi connectivity index (χ0v) is 20.4. The molecule has 34 heavy (non-hydrogen) atoms. The van der Waals surface area contributed by atoms with Crippen LogP contribution in [0, 0.1) is 5.92 Å². The molecule has 3 amide bonds. The lowest BCUT2D eigenvalue weighted by Gasteiger charge is -2.40. The van der Waals surface area contributed by atoms with Crippen LogP contribution in [0.2, 0.25) is 0 Å². The zero-order valence-electron chi connectivity index (χ0n) is 20.4. The van der Waals surface area contributed by atoms with Crippen molar-refractivity contribution in [2.45, 2.75) is 44.7 Å². The minimum atomic E-state index is -0.788. The molecule has 0 radical (unpaired) electrons. The third kappa shape index (κ3) is 4.89. The van der Waals surface area contributed by atoms with Crippen LogP contribution in [0.3, 0.4) is 0 Å². The van der Waals surface area contributed by atoms with Crippen molar-refractivity contribution in [3.63, 3.8) is 0 Å². The Morgan fingerprint density at radius 1 is 0.912 bits per heavy atom. The Morgan fingerprint density at radius 3 is 2.00 bits per heavy atom. The highest BCUT2D eigenvalue weighted by Crippen LogP contribution is 2.36. The predicted octanol–water partition coefficient (Wildman–Crippen LogP) is 3.86. The van der Waals surface area contributed by atoms with Gasteiger partial charge in [0.2, 0.25) is 0 Å². The van der Waals surface area contributed by atoms with Crippen LogP contribution in [-0.4, -0.2) is 61.1 Å². The first kappa shape index (κ1) is 24.1. The van der Waals surface area contributed by atoms with E-state index in [1.54, 1.807) is 14.2 Å². The Bertz CT molecular complexity index is 984. The lowest BCUT2D eigenvalue weighted by molar-refractivity contribution is -0.134. The third-order valence-electron chi connectivity index (χ3n) is 7.39. The number of imide groups is 1. The van der Waals surface area contributed by atoms with Crippen molar-refractivity contribution < 1.29 is 19.1 Å². The van der Waals surface area contributed by atoms with Crippen molar-refractivity contribution in [1.82, 2.24) is 15.1 Å². The van der Waals surface area contributed by atoms with E-state index in [9.17, 15) is 9.59 Å². The van der Waals surface area contributed by atoms with Gasteiger partial charge < -0.3 is 14.8 Å². The van der Waals surface area contributed by atoms with Crippen LogP contribution >= 0.6 is 0 Å². The lowest BCUT2D eigenvalue weighted by Crippen LogP contribution is -2.55. The van der Waals surface area contributed by atoms with Gasteiger partial charge in [-0.1, -0.05) is 31.2 Å². The molecule has 182 valence electrons. The number of rotatable bonds is 9. The highest BCUT2D eigenvalue weighted by Gasteiger charge is 2.54. The molecule has 0 bridgehead atoms. The quantitative estimate of drug-likeness (QED) is 0.570. The summed E-state index contributed by atoms with van der Waals surface area (Å²) in [6.07, 6.45) is 3.02. The minimum Gasteiger partial charge on any atom is -0.497 e. The van der Waals surface area contributed by atoms with Gasteiger partial charge in [0.15, 0.2) is 0 Å². The number of hydrogen-bond acceptors (Lipinski definition) is 5. The van der Waals surface area contributed by atoms with E-state index in [0.717, 1.165) is 49.5 Å². The second-order valence-electron chi connectivity index (χ2n) is 9.21. The van der Waals surface area contributed by atoms with Crippen molar-refractivity contribution in [1.29, 1.82) is 0 Å². The first-order valence-electron chi connectivity index (χ1n) is 12.1. The summed E-state index contributed by atoms with van der Waals surface area (Å²) in [5.74, 6) is 1.73. The summed E-state index contributed by atoms with van der Waals surface area (Å²) in [5, 5.41) is 3.10. The molecule has 1 N–H and O–H groups in total. The number of piperidine rings is 1. The lowest BCUT2D eigenvalue weighted by atomic mass is 9.75. The fourth-order valence-electron chi connectivity index (χ4n) is 5.26. The maximum Gasteiger partial charge on any atom is 0.325 e. The molecule has 7 heteroatoms. The van der Waals surface area contributed by atoms with Crippen LogP contribution in [0.1, 0.15) is 37.3 Å². The summed E-state index contributed by atoms with van der Waals surface area (Å²) in [5.41, 5.74) is 1.53. The number of carbonyl (C=O) groups is 2. The molecular weight excluding hydrogens is 430 g/mol. The number of amides is 3. The van der Waals surface area contributed by atoms with Crippen LogP contribution in [-0.2, 0) is 17.8 Å². The van der Waals surface area contributed by atoms with Gasteiger partial charge in [0.05, 0.1) is 14.2 Å². The van der Waals surface area contributed by atoms with Gasteiger partial charge in [-0.2, -0.15) is 0 Å². The predicted molar refractivity (Wildman–Crippen MR) is 131 cm³/mol. The molecule has 0 aromatic heterocycles. The van der Waals surface area contributed by atoms with Crippen molar-refractivity contribution in [2.75, 3.05) is 33.9 Å². The Hall–Kier alpha value is -3.06. The highest BCUT2D eigenvalue weighted by molar-refractivity contribution is 6.07. The van der Waals surface area contributed by atoms with Gasteiger partial charge in [-0.05, 0) is 80.1 Å². The van der Waals surface area contributed by atoms with Gasteiger partial charge in [-0.25, -0.2) is 4.79 Å². The average Bonchev–Trinajstić information content (AvgIpc) is 3.13. The number of hydrogen-bond donors (Lipinski definition) is 1. The van der Waals surface area contributed by atoms with Crippen LogP contribution in [0.25, 0.3) is 0 Å². The molecule has 0 spiro atoms. The first-order valence-corrected chi connectivity index (χ1v) is 12.1. The molecule has 2 heterocycles. The second kappa shape index (κ2) is 10.5. The van der Waals surface area contributed by atoms with Gasteiger partial charge in [0, 0.05) is 13.1 Å². The van der Waals surface area contributed by atoms with Gasteiger partial charge >= 0.3 is 6.03 Å². The molecule has 7 nitrogen and oxygen atoms in total. The molecule has 2 aliphatic rings.